The molecule has 1 N–H and O–H groups in total. The Labute approximate surface area is 144 Å². The number of halogens is 1. The van der Waals surface area contributed by atoms with Crippen molar-refractivity contribution in [3.8, 4) is 5.75 Å². The van der Waals surface area contributed by atoms with Crippen LogP contribution in [0.5, 0.6) is 5.75 Å². The van der Waals surface area contributed by atoms with Crippen LogP contribution in [-0.2, 0) is 13.2 Å². The van der Waals surface area contributed by atoms with Crippen LogP contribution in [0.1, 0.15) is 43.7 Å². The lowest BCUT2D eigenvalue weighted by Crippen LogP contribution is -2.14. The number of ether oxygens (including phenoxy) is 1. The summed E-state index contributed by atoms with van der Waals surface area (Å²) >= 11 is 6.15. The van der Waals surface area contributed by atoms with Crippen molar-refractivity contribution in [1.82, 2.24) is 5.32 Å². The first-order valence-corrected chi connectivity index (χ1v) is 8.83. The molecular formula is C20H26ClNO. The Morgan fingerprint density at radius 3 is 2.70 bits per heavy atom. The van der Waals surface area contributed by atoms with Crippen molar-refractivity contribution in [3.05, 3.63) is 64.7 Å². The summed E-state index contributed by atoms with van der Waals surface area (Å²) in [6, 6.07) is 16.0. The first kappa shape index (κ1) is 17.8. The lowest BCUT2D eigenvalue weighted by Gasteiger charge is -2.10. The van der Waals surface area contributed by atoms with E-state index < -0.39 is 0 Å². The molecule has 0 aliphatic carbocycles. The minimum atomic E-state index is 0.494. The Hall–Kier alpha value is -1.51. The monoisotopic (exact) mass is 331 g/mol. The van der Waals surface area contributed by atoms with E-state index in [0.717, 1.165) is 29.4 Å². The predicted octanol–water partition coefficient (Wildman–Crippen LogP) is 5.59. The Morgan fingerprint density at radius 2 is 1.87 bits per heavy atom. The van der Waals surface area contributed by atoms with Crippen LogP contribution in [0, 0.1) is 0 Å². The molecule has 0 radical (unpaired) electrons. The first-order valence-electron chi connectivity index (χ1n) is 8.45. The van der Waals surface area contributed by atoms with E-state index in [-0.39, 0.29) is 0 Å². The van der Waals surface area contributed by atoms with E-state index >= 15 is 0 Å². The molecule has 3 heteroatoms. The summed E-state index contributed by atoms with van der Waals surface area (Å²) in [5.41, 5.74) is 2.26. The van der Waals surface area contributed by atoms with Crippen molar-refractivity contribution < 1.29 is 4.74 Å². The Kier molecular flexibility index (Phi) is 7.99. The van der Waals surface area contributed by atoms with Gasteiger partial charge in [0.2, 0.25) is 0 Å². The fraction of sp³-hybridized carbons (Fsp3) is 0.400. The maximum atomic E-state index is 6.15. The molecule has 0 aromatic heterocycles. The van der Waals surface area contributed by atoms with Gasteiger partial charge in [-0.2, -0.15) is 0 Å². The van der Waals surface area contributed by atoms with Gasteiger partial charge in [-0.25, -0.2) is 0 Å². The number of unbranched alkanes of at least 4 members (excludes halogenated alkanes) is 3. The van der Waals surface area contributed by atoms with E-state index in [0.29, 0.717) is 6.61 Å². The number of benzene rings is 2. The van der Waals surface area contributed by atoms with Crippen molar-refractivity contribution in [2.75, 3.05) is 6.54 Å². The fourth-order valence-corrected chi connectivity index (χ4v) is 2.62. The lowest BCUT2D eigenvalue weighted by molar-refractivity contribution is 0.306. The molecule has 0 spiro atoms. The van der Waals surface area contributed by atoms with E-state index in [1.807, 2.05) is 36.4 Å². The third-order valence-electron chi connectivity index (χ3n) is 3.79. The van der Waals surface area contributed by atoms with Gasteiger partial charge in [0.05, 0.1) is 0 Å². The highest BCUT2D eigenvalue weighted by molar-refractivity contribution is 6.31. The van der Waals surface area contributed by atoms with Crippen LogP contribution >= 0.6 is 11.6 Å². The molecule has 0 fully saturated rings. The molecule has 2 rings (SSSR count). The van der Waals surface area contributed by atoms with Gasteiger partial charge >= 0.3 is 0 Å². The summed E-state index contributed by atoms with van der Waals surface area (Å²) in [6.45, 7) is 4.69. The molecule has 0 bridgehead atoms. The Bertz CT molecular complexity index is 585. The second-order valence-corrected chi connectivity index (χ2v) is 6.17. The summed E-state index contributed by atoms with van der Waals surface area (Å²) in [5, 5.41) is 4.24. The maximum Gasteiger partial charge on any atom is 0.120 e. The fourth-order valence-electron chi connectivity index (χ4n) is 2.43. The molecule has 0 atom stereocenters. The van der Waals surface area contributed by atoms with E-state index in [2.05, 4.69) is 24.4 Å². The zero-order valence-corrected chi connectivity index (χ0v) is 14.6. The summed E-state index contributed by atoms with van der Waals surface area (Å²) in [5.74, 6) is 0.884. The summed E-state index contributed by atoms with van der Waals surface area (Å²) in [4.78, 5) is 0. The van der Waals surface area contributed by atoms with Crippen molar-refractivity contribution >= 4 is 11.6 Å². The van der Waals surface area contributed by atoms with Crippen LogP contribution in [0.15, 0.2) is 48.5 Å². The zero-order chi connectivity index (χ0) is 16.3. The van der Waals surface area contributed by atoms with Gasteiger partial charge in [-0.1, -0.05) is 68.1 Å². The topological polar surface area (TPSA) is 21.3 Å². The molecule has 0 aliphatic rings. The van der Waals surface area contributed by atoms with Crippen LogP contribution < -0.4 is 10.1 Å². The number of nitrogens with one attached hydrogen (secondary N) is 1. The van der Waals surface area contributed by atoms with Gasteiger partial charge in [-0.05, 0) is 36.7 Å². The SMILES string of the molecule is CCCCCCNCc1cccc(OCc2ccccc2Cl)c1. The van der Waals surface area contributed by atoms with E-state index in [4.69, 9.17) is 16.3 Å². The molecule has 0 amide bonds. The highest BCUT2D eigenvalue weighted by Crippen LogP contribution is 2.19. The maximum absolute atomic E-state index is 6.15. The molecule has 0 saturated heterocycles. The van der Waals surface area contributed by atoms with Crippen LogP contribution in [0.4, 0.5) is 0 Å². The largest absolute Gasteiger partial charge is 0.489 e. The molecule has 0 saturated carbocycles. The molecular weight excluding hydrogens is 306 g/mol. The Balaban J connectivity index is 1.77. The van der Waals surface area contributed by atoms with Gasteiger partial charge in [0.25, 0.3) is 0 Å². The number of hydrogen-bond acceptors (Lipinski definition) is 2. The van der Waals surface area contributed by atoms with Gasteiger partial charge in [0.15, 0.2) is 0 Å². The second-order valence-electron chi connectivity index (χ2n) is 5.76. The molecule has 0 aliphatic heterocycles. The van der Waals surface area contributed by atoms with Gasteiger partial charge in [0, 0.05) is 17.1 Å². The average molecular weight is 332 g/mol. The van der Waals surface area contributed by atoms with Crippen LogP contribution in [0.3, 0.4) is 0 Å². The minimum Gasteiger partial charge on any atom is -0.489 e. The molecule has 2 nitrogen and oxygen atoms in total. The quantitative estimate of drug-likeness (QED) is 0.573. The van der Waals surface area contributed by atoms with Gasteiger partial charge in [-0.15, -0.1) is 0 Å². The summed E-state index contributed by atoms with van der Waals surface area (Å²) in [7, 11) is 0. The summed E-state index contributed by atoms with van der Waals surface area (Å²) < 4.78 is 5.86. The van der Waals surface area contributed by atoms with E-state index in [1.165, 1.54) is 31.2 Å². The predicted molar refractivity (Wildman–Crippen MR) is 98.1 cm³/mol. The van der Waals surface area contributed by atoms with Crippen LogP contribution in [0.2, 0.25) is 5.02 Å². The molecule has 0 heterocycles. The minimum absolute atomic E-state index is 0.494. The van der Waals surface area contributed by atoms with Crippen LogP contribution in [0.25, 0.3) is 0 Å². The third kappa shape index (κ3) is 6.64. The van der Waals surface area contributed by atoms with Crippen molar-refractivity contribution in [1.29, 1.82) is 0 Å². The highest BCUT2D eigenvalue weighted by Gasteiger charge is 2.01. The van der Waals surface area contributed by atoms with Crippen molar-refractivity contribution in [2.45, 2.75) is 45.8 Å². The van der Waals surface area contributed by atoms with Gasteiger partial charge < -0.3 is 10.1 Å². The molecule has 23 heavy (non-hydrogen) atoms. The normalized spacial score (nSPS) is 10.7. The molecule has 2 aromatic carbocycles. The van der Waals surface area contributed by atoms with Crippen LogP contribution in [-0.4, -0.2) is 6.54 Å². The molecule has 124 valence electrons. The van der Waals surface area contributed by atoms with Crippen molar-refractivity contribution in [2.24, 2.45) is 0 Å². The van der Waals surface area contributed by atoms with Gasteiger partial charge in [-0.3, -0.25) is 0 Å². The Morgan fingerprint density at radius 1 is 1.00 bits per heavy atom. The lowest BCUT2D eigenvalue weighted by atomic mass is 10.2. The zero-order valence-electron chi connectivity index (χ0n) is 13.9. The molecule has 2 aromatic rings. The van der Waals surface area contributed by atoms with E-state index in [1.54, 1.807) is 0 Å². The van der Waals surface area contributed by atoms with Crippen molar-refractivity contribution in [3.63, 3.8) is 0 Å². The molecule has 0 unspecified atom stereocenters. The van der Waals surface area contributed by atoms with E-state index in [9.17, 15) is 0 Å². The summed E-state index contributed by atoms with van der Waals surface area (Å²) in [6.07, 6.45) is 5.17. The second kappa shape index (κ2) is 10.3. The number of rotatable bonds is 10. The first-order chi connectivity index (χ1) is 11.3. The third-order valence-corrected chi connectivity index (χ3v) is 4.16. The standard InChI is InChI=1S/C20H26ClNO/c1-2-3-4-7-13-22-15-17-9-8-11-19(14-17)23-16-18-10-5-6-12-20(18)21/h5-6,8-12,14,22H,2-4,7,13,15-16H2,1H3. The smallest absolute Gasteiger partial charge is 0.120 e. The van der Waals surface area contributed by atoms with Gasteiger partial charge in [0.1, 0.15) is 12.4 Å². The average Bonchev–Trinajstić information content (AvgIpc) is 2.58. The highest BCUT2D eigenvalue weighted by atomic mass is 35.5. The number of hydrogen-bond donors (Lipinski definition) is 1.